The largest absolute Gasteiger partial charge is 0.342 e. The van der Waals surface area contributed by atoms with E-state index in [1.165, 1.54) is 0 Å². The Morgan fingerprint density at radius 3 is 2.36 bits per heavy atom. The molecule has 0 aromatic heterocycles. The topological polar surface area (TPSA) is 35.6 Å². The van der Waals surface area contributed by atoms with Gasteiger partial charge in [0.25, 0.3) is 0 Å². The third-order valence-corrected chi connectivity index (χ3v) is 2.32. The summed E-state index contributed by atoms with van der Waals surface area (Å²) in [6.07, 6.45) is 0. The molecule has 0 radical (unpaired) electrons. The fourth-order valence-corrected chi connectivity index (χ4v) is 1.01. The maximum atomic E-state index is 11.6. The number of hydrogen-bond acceptors (Lipinski definition) is 3. The summed E-state index contributed by atoms with van der Waals surface area (Å²) in [5.74, 6) is 0.179. The summed E-state index contributed by atoms with van der Waals surface area (Å²) in [6.45, 7) is 6.34. The minimum absolute atomic E-state index is 0.179. The van der Waals surface area contributed by atoms with Crippen LogP contribution < -0.4 is 5.32 Å². The highest BCUT2D eigenvalue weighted by Crippen LogP contribution is 1.95. The fourth-order valence-electron chi connectivity index (χ4n) is 1.01. The lowest BCUT2D eigenvalue weighted by Gasteiger charge is -2.24. The van der Waals surface area contributed by atoms with Crippen molar-refractivity contribution in [3.05, 3.63) is 0 Å². The van der Waals surface area contributed by atoms with E-state index in [0.717, 1.165) is 13.1 Å². The van der Waals surface area contributed by atoms with Crippen molar-refractivity contribution in [2.24, 2.45) is 0 Å². The van der Waals surface area contributed by atoms with Gasteiger partial charge in [0.2, 0.25) is 5.91 Å². The zero-order valence-electron chi connectivity index (χ0n) is 10.0. The molecule has 0 saturated heterocycles. The summed E-state index contributed by atoms with van der Waals surface area (Å²) < 4.78 is 0. The van der Waals surface area contributed by atoms with Gasteiger partial charge in [-0.25, -0.2) is 0 Å². The Labute approximate surface area is 87.3 Å². The van der Waals surface area contributed by atoms with Crippen molar-refractivity contribution >= 4 is 5.91 Å². The van der Waals surface area contributed by atoms with Crippen molar-refractivity contribution in [2.75, 3.05) is 40.8 Å². The van der Waals surface area contributed by atoms with E-state index in [-0.39, 0.29) is 11.9 Å². The van der Waals surface area contributed by atoms with Crippen LogP contribution in [0.3, 0.4) is 0 Å². The minimum atomic E-state index is 0.179. The molecule has 0 fully saturated rings. The maximum absolute atomic E-state index is 11.6. The highest BCUT2D eigenvalue weighted by molar-refractivity contribution is 5.78. The lowest BCUT2D eigenvalue weighted by atomic mass is 10.3. The predicted octanol–water partition coefficient (Wildman–Crippen LogP) is 0.00440. The SMILES string of the molecule is CNCCN(C)CC(=O)N(C)C(C)C. The first-order valence-electron chi connectivity index (χ1n) is 5.07. The van der Waals surface area contributed by atoms with Gasteiger partial charge in [-0.15, -0.1) is 0 Å². The molecule has 14 heavy (non-hydrogen) atoms. The van der Waals surface area contributed by atoms with Crippen LogP contribution in [0.15, 0.2) is 0 Å². The van der Waals surface area contributed by atoms with Gasteiger partial charge in [-0.2, -0.15) is 0 Å². The molecular formula is C10H23N3O. The zero-order chi connectivity index (χ0) is 11.1. The highest BCUT2D eigenvalue weighted by atomic mass is 16.2. The Morgan fingerprint density at radius 2 is 1.93 bits per heavy atom. The number of carbonyl (C=O) groups is 1. The Kier molecular flexibility index (Phi) is 6.49. The number of nitrogens with one attached hydrogen (secondary N) is 1. The fraction of sp³-hybridized carbons (Fsp3) is 0.900. The molecule has 4 nitrogen and oxygen atoms in total. The lowest BCUT2D eigenvalue weighted by molar-refractivity contribution is -0.132. The molecule has 0 aliphatic carbocycles. The van der Waals surface area contributed by atoms with E-state index < -0.39 is 0 Å². The molecule has 0 heterocycles. The van der Waals surface area contributed by atoms with Gasteiger partial charge < -0.3 is 10.2 Å². The van der Waals surface area contributed by atoms with Crippen molar-refractivity contribution in [2.45, 2.75) is 19.9 Å². The molecule has 0 aromatic carbocycles. The smallest absolute Gasteiger partial charge is 0.236 e. The monoisotopic (exact) mass is 201 g/mol. The van der Waals surface area contributed by atoms with Crippen molar-refractivity contribution in [3.8, 4) is 0 Å². The molecule has 84 valence electrons. The normalized spacial score (nSPS) is 11.1. The number of amides is 1. The van der Waals surface area contributed by atoms with Gasteiger partial charge in [-0.3, -0.25) is 9.69 Å². The van der Waals surface area contributed by atoms with Gasteiger partial charge in [0.05, 0.1) is 6.54 Å². The van der Waals surface area contributed by atoms with Gasteiger partial charge >= 0.3 is 0 Å². The lowest BCUT2D eigenvalue weighted by Crippen LogP contribution is -2.41. The van der Waals surface area contributed by atoms with Gasteiger partial charge in [-0.1, -0.05) is 0 Å². The van der Waals surface area contributed by atoms with Crippen molar-refractivity contribution in [1.29, 1.82) is 0 Å². The molecule has 0 saturated carbocycles. The van der Waals surface area contributed by atoms with Crippen LogP contribution in [-0.2, 0) is 4.79 Å². The number of carbonyl (C=O) groups excluding carboxylic acids is 1. The average Bonchev–Trinajstić information content (AvgIpc) is 2.13. The van der Waals surface area contributed by atoms with Crippen molar-refractivity contribution in [1.82, 2.24) is 15.1 Å². The average molecular weight is 201 g/mol. The molecule has 0 unspecified atom stereocenters. The first-order valence-corrected chi connectivity index (χ1v) is 5.07. The first-order chi connectivity index (χ1) is 6.49. The zero-order valence-corrected chi connectivity index (χ0v) is 10.0. The second-order valence-corrected chi connectivity index (χ2v) is 3.94. The molecule has 0 aliphatic heterocycles. The van der Waals surface area contributed by atoms with Gasteiger partial charge in [0, 0.05) is 26.2 Å². The van der Waals surface area contributed by atoms with E-state index in [1.54, 1.807) is 4.90 Å². The molecule has 0 aliphatic rings. The van der Waals surface area contributed by atoms with Crippen LogP contribution in [0.2, 0.25) is 0 Å². The van der Waals surface area contributed by atoms with Crippen molar-refractivity contribution < 1.29 is 4.79 Å². The molecular weight excluding hydrogens is 178 g/mol. The molecule has 0 rings (SSSR count). The Balaban J connectivity index is 3.81. The molecule has 0 bridgehead atoms. The van der Waals surface area contributed by atoms with Crippen LogP contribution in [-0.4, -0.2) is 62.5 Å². The van der Waals surface area contributed by atoms with Crippen LogP contribution in [0, 0.1) is 0 Å². The van der Waals surface area contributed by atoms with Crippen molar-refractivity contribution in [3.63, 3.8) is 0 Å². The van der Waals surface area contributed by atoms with E-state index in [4.69, 9.17) is 0 Å². The molecule has 0 spiro atoms. The molecule has 4 heteroatoms. The summed E-state index contributed by atoms with van der Waals surface area (Å²) in [7, 11) is 5.72. The molecule has 1 amide bonds. The van der Waals surface area contributed by atoms with Gasteiger partial charge in [-0.05, 0) is 27.9 Å². The number of nitrogens with zero attached hydrogens (tertiary/aromatic N) is 2. The number of likely N-dealkylation sites (N-methyl/N-ethyl adjacent to an activating group) is 3. The van der Waals surface area contributed by atoms with E-state index in [1.807, 2.05) is 39.9 Å². The van der Waals surface area contributed by atoms with E-state index in [9.17, 15) is 4.79 Å². The van der Waals surface area contributed by atoms with E-state index >= 15 is 0 Å². The molecule has 0 atom stereocenters. The van der Waals surface area contributed by atoms with E-state index in [0.29, 0.717) is 6.54 Å². The van der Waals surface area contributed by atoms with Gasteiger partial charge in [0.15, 0.2) is 0 Å². The van der Waals surface area contributed by atoms with Gasteiger partial charge in [0.1, 0.15) is 0 Å². The quantitative estimate of drug-likeness (QED) is 0.657. The summed E-state index contributed by atoms with van der Waals surface area (Å²) >= 11 is 0. The Hall–Kier alpha value is -0.610. The van der Waals surface area contributed by atoms with E-state index in [2.05, 4.69) is 5.32 Å². The standard InChI is InChI=1S/C10H23N3O/c1-9(2)13(5)10(14)8-12(4)7-6-11-3/h9,11H,6-8H2,1-5H3. The molecule has 0 aromatic rings. The Morgan fingerprint density at radius 1 is 1.36 bits per heavy atom. The number of hydrogen-bond donors (Lipinski definition) is 1. The summed E-state index contributed by atoms with van der Waals surface area (Å²) in [4.78, 5) is 15.4. The summed E-state index contributed by atoms with van der Waals surface area (Å²) in [5.41, 5.74) is 0. The third kappa shape index (κ3) is 5.19. The van der Waals surface area contributed by atoms with Crippen LogP contribution in [0.4, 0.5) is 0 Å². The third-order valence-electron chi connectivity index (χ3n) is 2.32. The van der Waals surface area contributed by atoms with Crippen LogP contribution in [0.5, 0.6) is 0 Å². The summed E-state index contributed by atoms with van der Waals surface area (Å²) in [6, 6.07) is 0.278. The minimum Gasteiger partial charge on any atom is -0.342 e. The second-order valence-electron chi connectivity index (χ2n) is 3.94. The maximum Gasteiger partial charge on any atom is 0.236 e. The predicted molar refractivity (Wildman–Crippen MR) is 59.3 cm³/mol. The van der Waals surface area contributed by atoms with Crippen LogP contribution in [0.1, 0.15) is 13.8 Å². The Bertz CT molecular complexity index is 171. The van der Waals surface area contributed by atoms with Crippen LogP contribution >= 0.6 is 0 Å². The first kappa shape index (κ1) is 13.4. The molecule has 1 N–H and O–H groups in total. The van der Waals surface area contributed by atoms with Crippen LogP contribution in [0.25, 0.3) is 0 Å². The highest BCUT2D eigenvalue weighted by Gasteiger charge is 2.13. The number of rotatable bonds is 6. The summed E-state index contributed by atoms with van der Waals surface area (Å²) in [5, 5.41) is 3.06. The second kappa shape index (κ2) is 6.79.